The fourth-order valence-electron chi connectivity index (χ4n) is 1.55. The minimum absolute atomic E-state index is 0.0127. The third-order valence-electron chi connectivity index (χ3n) is 2.59. The monoisotopic (exact) mass is 344 g/mol. The quantitative estimate of drug-likeness (QED) is 0.856. The second-order valence-corrected chi connectivity index (χ2v) is 4.98. The van der Waals surface area contributed by atoms with E-state index in [0.29, 0.717) is 0 Å². The van der Waals surface area contributed by atoms with Gasteiger partial charge in [0, 0.05) is 11.3 Å². The molecule has 22 heavy (non-hydrogen) atoms. The van der Waals surface area contributed by atoms with Crippen molar-refractivity contribution in [2.24, 2.45) is 0 Å². The van der Waals surface area contributed by atoms with Crippen LogP contribution in [0.3, 0.4) is 0 Å². The van der Waals surface area contributed by atoms with Gasteiger partial charge in [-0.15, -0.1) is 0 Å². The average molecular weight is 345 g/mol. The molecule has 0 aliphatic carbocycles. The first kappa shape index (κ1) is 16.2. The van der Waals surface area contributed by atoms with Crippen molar-refractivity contribution in [3.8, 4) is 0 Å². The van der Waals surface area contributed by atoms with Crippen molar-refractivity contribution >= 4 is 40.8 Å². The minimum atomic E-state index is -0.854. The first-order chi connectivity index (χ1) is 10.4. The fourth-order valence-corrected chi connectivity index (χ4v) is 1.91. The molecule has 0 aliphatic rings. The maximum absolute atomic E-state index is 13.0. The number of amides is 3. The van der Waals surface area contributed by atoms with Crippen LogP contribution in [0.1, 0.15) is 10.4 Å². The van der Waals surface area contributed by atoms with Crippen LogP contribution >= 0.6 is 23.2 Å². The highest BCUT2D eigenvalue weighted by molar-refractivity contribution is 6.31. The van der Waals surface area contributed by atoms with E-state index in [9.17, 15) is 18.4 Å². The number of rotatable bonds is 2. The third kappa shape index (κ3) is 3.93. The largest absolute Gasteiger partial charge is 0.326 e. The zero-order valence-corrected chi connectivity index (χ0v) is 12.3. The maximum Gasteiger partial charge on any atom is 0.326 e. The van der Waals surface area contributed by atoms with Crippen LogP contribution < -0.4 is 10.6 Å². The first-order valence-electron chi connectivity index (χ1n) is 5.89. The molecule has 2 aromatic carbocycles. The number of imide groups is 1. The van der Waals surface area contributed by atoms with E-state index in [1.54, 1.807) is 0 Å². The minimum Gasteiger partial charge on any atom is -0.308 e. The molecule has 0 saturated heterocycles. The molecule has 0 fully saturated rings. The number of carbonyl (C=O) groups excluding carboxylic acids is 2. The summed E-state index contributed by atoms with van der Waals surface area (Å²) in [5.74, 6) is -2.08. The summed E-state index contributed by atoms with van der Waals surface area (Å²) in [7, 11) is 0. The number of halogens is 4. The van der Waals surface area contributed by atoms with E-state index in [1.807, 2.05) is 5.32 Å². The van der Waals surface area contributed by atoms with Gasteiger partial charge < -0.3 is 5.32 Å². The summed E-state index contributed by atoms with van der Waals surface area (Å²) in [4.78, 5) is 23.4. The van der Waals surface area contributed by atoms with Gasteiger partial charge in [0.15, 0.2) is 0 Å². The van der Waals surface area contributed by atoms with Gasteiger partial charge in [-0.1, -0.05) is 23.2 Å². The molecular formula is C14H8Cl2F2N2O2. The van der Waals surface area contributed by atoms with Crippen LogP contribution in [0.25, 0.3) is 0 Å². The molecule has 114 valence electrons. The van der Waals surface area contributed by atoms with Gasteiger partial charge >= 0.3 is 6.03 Å². The number of hydrogen-bond donors (Lipinski definition) is 2. The first-order valence-corrected chi connectivity index (χ1v) is 6.65. The molecule has 0 heterocycles. The number of nitrogens with one attached hydrogen (secondary N) is 2. The van der Waals surface area contributed by atoms with Crippen LogP contribution in [0, 0.1) is 11.6 Å². The van der Waals surface area contributed by atoms with Crippen LogP contribution in [-0.2, 0) is 0 Å². The number of anilines is 1. The van der Waals surface area contributed by atoms with Gasteiger partial charge in [-0.25, -0.2) is 13.6 Å². The number of urea groups is 1. The average Bonchev–Trinajstić information content (AvgIpc) is 2.45. The Labute approximate surface area is 134 Å². The molecule has 0 aliphatic heterocycles. The third-order valence-corrected chi connectivity index (χ3v) is 3.17. The molecule has 0 aromatic heterocycles. The van der Waals surface area contributed by atoms with Gasteiger partial charge in [-0.3, -0.25) is 10.1 Å². The van der Waals surface area contributed by atoms with Crippen LogP contribution in [0.4, 0.5) is 19.3 Å². The second-order valence-electron chi connectivity index (χ2n) is 4.17. The fraction of sp³-hybridized carbons (Fsp3) is 0. The Kier molecular flexibility index (Phi) is 4.95. The molecule has 0 bridgehead atoms. The maximum atomic E-state index is 13.0. The normalized spacial score (nSPS) is 10.2. The molecule has 2 N–H and O–H groups in total. The zero-order valence-electron chi connectivity index (χ0n) is 10.8. The zero-order chi connectivity index (χ0) is 16.3. The highest BCUT2D eigenvalue weighted by Gasteiger charge is 2.13. The molecule has 2 aromatic rings. The van der Waals surface area contributed by atoms with E-state index < -0.39 is 23.6 Å². The second kappa shape index (κ2) is 6.72. The Bertz CT molecular complexity index is 754. The Morgan fingerprint density at radius 1 is 0.909 bits per heavy atom. The van der Waals surface area contributed by atoms with Crippen LogP contribution in [-0.4, -0.2) is 11.9 Å². The molecule has 0 spiro atoms. The van der Waals surface area contributed by atoms with E-state index in [4.69, 9.17) is 23.2 Å². The van der Waals surface area contributed by atoms with Crippen molar-refractivity contribution in [1.82, 2.24) is 5.32 Å². The van der Waals surface area contributed by atoms with Gasteiger partial charge in [0.2, 0.25) is 0 Å². The highest BCUT2D eigenvalue weighted by Crippen LogP contribution is 2.19. The molecule has 0 saturated carbocycles. The standard InChI is InChI=1S/C14H8Cl2F2N2O2/c15-9-5-7(1-3-11(9)17)13(21)20-14(22)19-8-2-4-12(18)10(16)6-8/h1-6H,(H2,19,20,21,22). The summed E-state index contributed by atoms with van der Waals surface area (Å²) in [6.07, 6.45) is 0. The molecular weight excluding hydrogens is 337 g/mol. The summed E-state index contributed by atoms with van der Waals surface area (Å²) in [5, 5.41) is 3.92. The topological polar surface area (TPSA) is 58.2 Å². The smallest absolute Gasteiger partial charge is 0.308 e. The lowest BCUT2D eigenvalue weighted by Gasteiger charge is -2.07. The van der Waals surface area contributed by atoms with Crippen molar-refractivity contribution in [2.75, 3.05) is 5.32 Å². The van der Waals surface area contributed by atoms with Crippen LogP contribution in [0.15, 0.2) is 36.4 Å². The molecule has 2 rings (SSSR count). The molecule has 0 atom stereocenters. The van der Waals surface area contributed by atoms with E-state index in [-0.39, 0.29) is 21.3 Å². The molecule has 0 radical (unpaired) electrons. The number of hydrogen-bond acceptors (Lipinski definition) is 2. The molecule has 3 amide bonds. The van der Waals surface area contributed by atoms with E-state index in [1.165, 1.54) is 18.2 Å². The lowest BCUT2D eigenvalue weighted by Crippen LogP contribution is -2.34. The van der Waals surface area contributed by atoms with E-state index in [0.717, 1.165) is 18.2 Å². The van der Waals surface area contributed by atoms with Crippen molar-refractivity contribution in [2.45, 2.75) is 0 Å². The van der Waals surface area contributed by atoms with Gasteiger partial charge in [0.25, 0.3) is 5.91 Å². The van der Waals surface area contributed by atoms with Crippen molar-refractivity contribution in [3.63, 3.8) is 0 Å². The number of benzene rings is 2. The lowest BCUT2D eigenvalue weighted by atomic mass is 10.2. The summed E-state index contributed by atoms with van der Waals surface area (Å²) in [5.41, 5.74) is 0.215. The Morgan fingerprint density at radius 2 is 1.50 bits per heavy atom. The van der Waals surface area contributed by atoms with Gasteiger partial charge in [0.05, 0.1) is 10.0 Å². The van der Waals surface area contributed by atoms with Crippen molar-refractivity contribution < 1.29 is 18.4 Å². The predicted octanol–water partition coefficient (Wildman–Crippen LogP) is 4.23. The van der Waals surface area contributed by atoms with Gasteiger partial charge in [-0.2, -0.15) is 0 Å². The summed E-state index contributed by atoms with van der Waals surface area (Å²) >= 11 is 11.1. The van der Waals surface area contributed by atoms with Crippen molar-refractivity contribution in [3.05, 3.63) is 63.6 Å². The van der Waals surface area contributed by atoms with Crippen molar-refractivity contribution in [1.29, 1.82) is 0 Å². The summed E-state index contributed by atoms with van der Waals surface area (Å²) in [6, 6.07) is 5.96. The molecule has 4 nitrogen and oxygen atoms in total. The highest BCUT2D eigenvalue weighted by atomic mass is 35.5. The Hall–Kier alpha value is -2.18. The Morgan fingerprint density at radius 3 is 2.09 bits per heavy atom. The molecule has 0 unspecified atom stereocenters. The lowest BCUT2D eigenvalue weighted by molar-refractivity contribution is 0.0967. The van der Waals surface area contributed by atoms with Crippen LogP contribution in [0.2, 0.25) is 10.0 Å². The van der Waals surface area contributed by atoms with Crippen LogP contribution in [0.5, 0.6) is 0 Å². The SMILES string of the molecule is O=C(NC(=O)c1ccc(F)c(Cl)c1)Nc1ccc(F)c(Cl)c1. The van der Waals surface area contributed by atoms with Gasteiger partial charge in [0.1, 0.15) is 11.6 Å². The Balaban J connectivity index is 2.03. The summed E-state index contributed by atoms with van der Waals surface area (Å²) < 4.78 is 26.0. The van der Waals surface area contributed by atoms with Gasteiger partial charge in [-0.05, 0) is 36.4 Å². The molecule has 8 heteroatoms. The van der Waals surface area contributed by atoms with E-state index in [2.05, 4.69) is 5.32 Å². The predicted molar refractivity (Wildman–Crippen MR) is 79.3 cm³/mol. The number of carbonyl (C=O) groups is 2. The summed E-state index contributed by atoms with van der Waals surface area (Å²) in [6.45, 7) is 0. The van der Waals surface area contributed by atoms with E-state index >= 15 is 0 Å².